The fraction of sp³-hybridized carbons (Fsp3) is 0.667. The van der Waals surface area contributed by atoms with Gasteiger partial charge in [0.2, 0.25) is 5.89 Å². The quantitative estimate of drug-likeness (QED) is 0.682. The molecule has 5 nitrogen and oxygen atoms in total. The predicted molar refractivity (Wildman–Crippen MR) is 40.0 cm³/mol. The lowest BCUT2D eigenvalue weighted by atomic mass is 10.4. The highest BCUT2D eigenvalue weighted by Crippen LogP contribution is 2.38. The van der Waals surface area contributed by atoms with Crippen LogP contribution in [0.25, 0.3) is 0 Å². The van der Waals surface area contributed by atoms with Gasteiger partial charge < -0.3 is 4.52 Å². The van der Waals surface area contributed by atoms with Crippen LogP contribution in [0.2, 0.25) is 0 Å². The van der Waals surface area contributed by atoms with E-state index in [1.807, 2.05) is 0 Å². The van der Waals surface area contributed by atoms with Gasteiger partial charge in [0.05, 0.1) is 0 Å². The van der Waals surface area contributed by atoms with E-state index in [1.54, 1.807) is 0 Å². The molecule has 0 bridgehead atoms. The van der Waals surface area contributed by atoms with Crippen LogP contribution in [-0.2, 0) is 16.0 Å². The van der Waals surface area contributed by atoms with Crippen LogP contribution in [0, 0.1) is 0 Å². The van der Waals surface area contributed by atoms with Crippen LogP contribution in [0.15, 0.2) is 4.52 Å². The SMILES string of the molecule is O=S(=O)(F)Cc1noc(C2CC2)n1. The molecular formula is C6H7FN2O3S. The number of halogens is 1. The highest BCUT2D eigenvalue weighted by atomic mass is 32.3. The van der Waals surface area contributed by atoms with Crippen molar-refractivity contribution in [3.8, 4) is 0 Å². The Morgan fingerprint density at radius 1 is 1.54 bits per heavy atom. The third-order valence-electron chi connectivity index (χ3n) is 1.71. The van der Waals surface area contributed by atoms with Crippen LogP contribution >= 0.6 is 0 Å². The number of hydrogen-bond donors (Lipinski definition) is 0. The second kappa shape index (κ2) is 2.76. The number of nitrogens with zero attached hydrogens (tertiary/aromatic N) is 2. The van der Waals surface area contributed by atoms with E-state index in [4.69, 9.17) is 4.52 Å². The normalized spacial score (nSPS) is 17.6. The van der Waals surface area contributed by atoms with Crippen molar-refractivity contribution in [2.75, 3.05) is 0 Å². The molecule has 0 N–H and O–H groups in total. The van der Waals surface area contributed by atoms with E-state index in [0.717, 1.165) is 12.8 Å². The van der Waals surface area contributed by atoms with Gasteiger partial charge >= 0.3 is 10.2 Å². The van der Waals surface area contributed by atoms with Crippen molar-refractivity contribution in [2.24, 2.45) is 0 Å². The van der Waals surface area contributed by atoms with Gasteiger partial charge in [-0.1, -0.05) is 5.16 Å². The maximum atomic E-state index is 12.2. The van der Waals surface area contributed by atoms with Crippen LogP contribution in [0.4, 0.5) is 3.89 Å². The first kappa shape index (κ1) is 8.61. The summed E-state index contributed by atoms with van der Waals surface area (Å²) in [5.74, 6) is -0.241. The van der Waals surface area contributed by atoms with Gasteiger partial charge in [0, 0.05) is 5.92 Å². The van der Waals surface area contributed by atoms with E-state index < -0.39 is 16.0 Å². The van der Waals surface area contributed by atoms with Crippen LogP contribution in [0.5, 0.6) is 0 Å². The van der Waals surface area contributed by atoms with Gasteiger partial charge in [-0.25, -0.2) is 0 Å². The van der Waals surface area contributed by atoms with Gasteiger partial charge in [-0.05, 0) is 12.8 Å². The monoisotopic (exact) mass is 206 g/mol. The molecule has 1 aliphatic rings. The van der Waals surface area contributed by atoms with E-state index in [9.17, 15) is 12.3 Å². The smallest absolute Gasteiger partial charge is 0.309 e. The Morgan fingerprint density at radius 3 is 2.77 bits per heavy atom. The molecule has 1 aliphatic carbocycles. The first-order valence-corrected chi connectivity index (χ1v) is 5.35. The van der Waals surface area contributed by atoms with Crippen molar-refractivity contribution >= 4 is 10.2 Å². The van der Waals surface area contributed by atoms with Crippen molar-refractivity contribution in [1.82, 2.24) is 10.1 Å². The van der Waals surface area contributed by atoms with Gasteiger partial charge in [0.25, 0.3) is 0 Å². The molecule has 72 valence electrons. The molecule has 1 fully saturated rings. The van der Waals surface area contributed by atoms with Crippen molar-refractivity contribution in [3.05, 3.63) is 11.7 Å². The lowest BCUT2D eigenvalue weighted by molar-refractivity contribution is 0.375. The summed E-state index contributed by atoms with van der Waals surface area (Å²) in [5, 5.41) is 3.36. The van der Waals surface area contributed by atoms with Gasteiger partial charge in [0.15, 0.2) is 5.82 Å². The first-order valence-electron chi connectivity index (χ1n) is 3.79. The van der Waals surface area contributed by atoms with Crippen molar-refractivity contribution in [2.45, 2.75) is 24.5 Å². The van der Waals surface area contributed by atoms with Crippen LogP contribution < -0.4 is 0 Å². The van der Waals surface area contributed by atoms with E-state index in [2.05, 4.69) is 10.1 Å². The molecule has 0 amide bonds. The van der Waals surface area contributed by atoms with Gasteiger partial charge in [-0.15, -0.1) is 3.89 Å². The highest BCUT2D eigenvalue weighted by Gasteiger charge is 2.30. The molecule has 1 aromatic heterocycles. The zero-order chi connectivity index (χ0) is 9.47. The Balaban J connectivity index is 2.13. The first-order chi connectivity index (χ1) is 6.04. The Bertz CT molecular complexity index is 409. The molecular weight excluding hydrogens is 199 g/mol. The lowest BCUT2D eigenvalue weighted by Gasteiger charge is -1.84. The Kier molecular flexibility index (Phi) is 1.83. The van der Waals surface area contributed by atoms with Crippen molar-refractivity contribution in [1.29, 1.82) is 0 Å². The molecule has 0 aromatic carbocycles. The number of hydrogen-bond acceptors (Lipinski definition) is 5. The van der Waals surface area contributed by atoms with Crippen LogP contribution in [0.3, 0.4) is 0 Å². The fourth-order valence-corrected chi connectivity index (χ4v) is 1.40. The third kappa shape index (κ3) is 2.24. The van der Waals surface area contributed by atoms with Gasteiger partial charge in [0.1, 0.15) is 5.75 Å². The maximum Gasteiger partial charge on any atom is 0.309 e. The zero-order valence-corrected chi connectivity index (χ0v) is 7.42. The molecule has 1 saturated carbocycles. The fourth-order valence-electron chi connectivity index (χ4n) is 0.976. The minimum absolute atomic E-state index is 0.107. The Morgan fingerprint density at radius 2 is 2.23 bits per heavy atom. The summed E-state index contributed by atoms with van der Waals surface area (Å²) < 4.78 is 37.3. The molecule has 0 atom stereocenters. The summed E-state index contributed by atoms with van der Waals surface area (Å²) in [6.45, 7) is 0. The summed E-state index contributed by atoms with van der Waals surface area (Å²) in [6.07, 6.45) is 1.95. The standard InChI is InChI=1S/C6H7FN2O3S/c7-13(10,11)3-5-8-6(12-9-5)4-1-2-4/h4H,1-3H2. The van der Waals surface area contributed by atoms with Crippen molar-refractivity contribution < 1.29 is 16.8 Å². The summed E-state index contributed by atoms with van der Waals surface area (Å²) in [6, 6.07) is 0. The average molecular weight is 206 g/mol. The second-order valence-corrected chi connectivity index (χ2v) is 4.37. The van der Waals surface area contributed by atoms with Gasteiger partial charge in [-0.2, -0.15) is 13.4 Å². The maximum absolute atomic E-state index is 12.2. The summed E-state index contributed by atoms with van der Waals surface area (Å²) in [5.41, 5.74) is 0. The topological polar surface area (TPSA) is 73.1 Å². The summed E-state index contributed by atoms with van der Waals surface area (Å²) >= 11 is 0. The molecule has 0 saturated heterocycles. The predicted octanol–water partition coefficient (Wildman–Crippen LogP) is 0.746. The molecule has 0 radical (unpaired) electrons. The van der Waals surface area contributed by atoms with E-state index >= 15 is 0 Å². The Hall–Kier alpha value is -0.980. The average Bonchev–Trinajstić information content (AvgIpc) is 2.72. The van der Waals surface area contributed by atoms with Gasteiger partial charge in [-0.3, -0.25) is 0 Å². The minimum atomic E-state index is -4.55. The van der Waals surface area contributed by atoms with Crippen LogP contribution in [-0.4, -0.2) is 18.6 Å². The number of rotatable bonds is 3. The molecule has 1 heterocycles. The highest BCUT2D eigenvalue weighted by molar-refractivity contribution is 7.85. The molecule has 0 aliphatic heterocycles. The van der Waals surface area contributed by atoms with E-state index in [1.165, 1.54) is 0 Å². The van der Waals surface area contributed by atoms with E-state index in [0.29, 0.717) is 5.89 Å². The molecule has 2 rings (SSSR count). The molecule has 0 spiro atoms. The largest absolute Gasteiger partial charge is 0.339 e. The summed E-state index contributed by atoms with van der Waals surface area (Å²) in [7, 11) is -4.55. The molecule has 13 heavy (non-hydrogen) atoms. The number of aromatic nitrogens is 2. The van der Waals surface area contributed by atoms with E-state index in [-0.39, 0.29) is 11.7 Å². The Labute approximate surface area is 74.2 Å². The summed E-state index contributed by atoms with van der Waals surface area (Å²) in [4.78, 5) is 3.76. The zero-order valence-electron chi connectivity index (χ0n) is 6.60. The molecule has 0 unspecified atom stereocenters. The molecule has 1 aromatic rings. The minimum Gasteiger partial charge on any atom is -0.339 e. The van der Waals surface area contributed by atoms with Crippen molar-refractivity contribution in [3.63, 3.8) is 0 Å². The molecule has 7 heteroatoms. The second-order valence-electron chi connectivity index (χ2n) is 3.01. The third-order valence-corrected chi connectivity index (χ3v) is 2.31. The lowest BCUT2D eigenvalue weighted by Crippen LogP contribution is -1.98. The van der Waals surface area contributed by atoms with Crippen LogP contribution in [0.1, 0.15) is 30.5 Å².